The van der Waals surface area contributed by atoms with Crippen molar-refractivity contribution in [3.05, 3.63) is 58.5 Å². The maximum absolute atomic E-state index is 11.9. The van der Waals surface area contributed by atoms with Gasteiger partial charge in [-0.2, -0.15) is 0 Å². The first-order valence-corrected chi connectivity index (χ1v) is 7.17. The van der Waals surface area contributed by atoms with E-state index in [9.17, 15) is 4.79 Å². The average Bonchev–Trinajstić information content (AvgIpc) is 2.49. The minimum Gasteiger partial charge on any atom is -0.322 e. The average molecular weight is 279 g/mol. The number of fused-ring (bicyclic) bond motifs is 1. The lowest BCUT2D eigenvalue weighted by Gasteiger charge is -2.18. The van der Waals surface area contributed by atoms with E-state index in [1.807, 2.05) is 19.1 Å². The van der Waals surface area contributed by atoms with Crippen molar-refractivity contribution < 1.29 is 4.79 Å². The molecule has 2 nitrogen and oxygen atoms in total. The zero-order valence-corrected chi connectivity index (χ0v) is 12.7. The topological polar surface area (TPSA) is 29.1 Å². The van der Waals surface area contributed by atoms with Crippen molar-refractivity contribution in [1.82, 2.24) is 0 Å². The van der Waals surface area contributed by atoms with Crippen molar-refractivity contribution in [2.24, 2.45) is 0 Å². The maximum atomic E-state index is 11.9. The van der Waals surface area contributed by atoms with Crippen LogP contribution in [-0.2, 0) is 11.2 Å². The molecule has 1 N–H and O–H groups in total. The number of amides is 1. The molecule has 0 radical (unpaired) electrons. The van der Waals surface area contributed by atoms with E-state index >= 15 is 0 Å². The van der Waals surface area contributed by atoms with Crippen molar-refractivity contribution in [3.8, 4) is 0 Å². The van der Waals surface area contributed by atoms with Crippen LogP contribution in [0.5, 0.6) is 0 Å². The molecule has 0 unspecified atom stereocenters. The lowest BCUT2D eigenvalue weighted by molar-refractivity contribution is -0.112. The summed E-state index contributed by atoms with van der Waals surface area (Å²) in [7, 11) is 0. The molecule has 0 fully saturated rings. The van der Waals surface area contributed by atoms with Crippen LogP contribution in [0.25, 0.3) is 18.2 Å². The molecule has 1 aliphatic carbocycles. The van der Waals surface area contributed by atoms with Gasteiger partial charge in [0.15, 0.2) is 0 Å². The van der Waals surface area contributed by atoms with E-state index < -0.39 is 0 Å². The SMILES string of the molecule is C=C/C=c1/c2c(c(NC(=O)C(=C)C)c/c1=C/C)CCC=C2. The van der Waals surface area contributed by atoms with Crippen LogP contribution in [0.4, 0.5) is 5.69 Å². The fourth-order valence-electron chi connectivity index (χ4n) is 2.56. The van der Waals surface area contributed by atoms with E-state index in [1.54, 1.807) is 13.0 Å². The number of hydrogen-bond donors (Lipinski definition) is 1. The molecule has 1 aromatic carbocycles. The summed E-state index contributed by atoms with van der Waals surface area (Å²) in [6, 6.07) is 2.04. The van der Waals surface area contributed by atoms with Gasteiger partial charge in [0.1, 0.15) is 0 Å². The highest BCUT2D eigenvalue weighted by molar-refractivity contribution is 6.03. The maximum Gasteiger partial charge on any atom is 0.250 e. The molecular weight excluding hydrogens is 258 g/mol. The fraction of sp³-hybridized carbons (Fsp3) is 0.211. The molecule has 2 rings (SSSR count). The molecule has 0 aromatic heterocycles. The van der Waals surface area contributed by atoms with Gasteiger partial charge in [0, 0.05) is 11.3 Å². The van der Waals surface area contributed by atoms with Crippen LogP contribution in [0, 0.1) is 0 Å². The largest absolute Gasteiger partial charge is 0.322 e. The third-order valence-corrected chi connectivity index (χ3v) is 3.63. The number of hydrogen-bond acceptors (Lipinski definition) is 1. The normalized spacial score (nSPS) is 14.8. The van der Waals surface area contributed by atoms with E-state index in [-0.39, 0.29) is 5.91 Å². The second kappa shape index (κ2) is 6.40. The van der Waals surface area contributed by atoms with Gasteiger partial charge in [0.2, 0.25) is 0 Å². The monoisotopic (exact) mass is 279 g/mol. The first-order chi connectivity index (χ1) is 10.1. The lowest BCUT2D eigenvalue weighted by atomic mass is 9.92. The molecule has 1 aromatic rings. The highest BCUT2D eigenvalue weighted by atomic mass is 16.1. The molecule has 0 saturated heterocycles. The second-order valence-electron chi connectivity index (χ2n) is 5.19. The molecule has 0 saturated carbocycles. The summed E-state index contributed by atoms with van der Waals surface area (Å²) < 4.78 is 0. The number of allylic oxidation sites excluding steroid dienone is 2. The van der Waals surface area contributed by atoms with E-state index in [4.69, 9.17) is 0 Å². The summed E-state index contributed by atoms with van der Waals surface area (Å²) in [5.41, 5.74) is 3.76. The smallest absolute Gasteiger partial charge is 0.250 e. The molecular formula is C19H21NO. The summed E-state index contributed by atoms with van der Waals surface area (Å²) in [6.07, 6.45) is 12.1. The molecule has 0 spiro atoms. The first kappa shape index (κ1) is 15.0. The van der Waals surface area contributed by atoms with Crippen molar-refractivity contribution in [2.75, 3.05) is 5.32 Å². The summed E-state index contributed by atoms with van der Waals surface area (Å²) in [5, 5.41) is 5.24. The third-order valence-electron chi connectivity index (χ3n) is 3.63. The van der Waals surface area contributed by atoms with Gasteiger partial charge in [-0.1, -0.05) is 43.5 Å². The summed E-state index contributed by atoms with van der Waals surface area (Å²) >= 11 is 0. The molecule has 2 heteroatoms. The van der Waals surface area contributed by atoms with Gasteiger partial charge in [0.05, 0.1) is 0 Å². The highest BCUT2D eigenvalue weighted by Crippen LogP contribution is 2.23. The van der Waals surface area contributed by atoms with E-state index in [0.717, 1.165) is 29.0 Å². The second-order valence-corrected chi connectivity index (χ2v) is 5.19. The molecule has 108 valence electrons. The van der Waals surface area contributed by atoms with Gasteiger partial charge >= 0.3 is 0 Å². The Labute approximate surface area is 125 Å². The predicted molar refractivity (Wildman–Crippen MR) is 91.3 cm³/mol. The van der Waals surface area contributed by atoms with Crippen LogP contribution in [0.3, 0.4) is 0 Å². The number of anilines is 1. The van der Waals surface area contributed by atoms with Gasteiger partial charge < -0.3 is 5.32 Å². The third kappa shape index (κ3) is 3.05. The van der Waals surface area contributed by atoms with Crippen molar-refractivity contribution in [3.63, 3.8) is 0 Å². The first-order valence-electron chi connectivity index (χ1n) is 7.17. The van der Waals surface area contributed by atoms with Gasteiger partial charge in [0.25, 0.3) is 5.91 Å². The fourth-order valence-corrected chi connectivity index (χ4v) is 2.56. The molecule has 0 atom stereocenters. The predicted octanol–water partition coefficient (Wildman–Crippen LogP) is 2.93. The molecule has 0 bridgehead atoms. The van der Waals surface area contributed by atoms with Crippen molar-refractivity contribution in [2.45, 2.75) is 26.7 Å². The Morgan fingerprint density at radius 1 is 1.43 bits per heavy atom. The summed E-state index contributed by atoms with van der Waals surface area (Å²) in [6.45, 7) is 11.2. The van der Waals surface area contributed by atoms with Crippen LogP contribution < -0.4 is 15.8 Å². The van der Waals surface area contributed by atoms with Crippen molar-refractivity contribution in [1.29, 1.82) is 0 Å². The van der Waals surface area contributed by atoms with Crippen LogP contribution >= 0.6 is 0 Å². The standard InChI is InChI=1S/C19H21NO/c1-5-9-15-14(6-2)12-18(20-19(21)13(3)4)17-11-8-7-10-16(15)17/h5-7,9-10,12H,1,3,8,11H2,2,4H3,(H,20,21)/b14-6-,15-9+. The number of rotatable bonds is 3. The Bertz CT molecular complexity index is 751. The summed E-state index contributed by atoms with van der Waals surface area (Å²) in [4.78, 5) is 11.9. The number of carbonyl (C=O) groups is 1. The zero-order valence-electron chi connectivity index (χ0n) is 12.7. The van der Waals surface area contributed by atoms with Gasteiger partial charge in [-0.15, -0.1) is 0 Å². The number of carbonyl (C=O) groups excluding carboxylic acids is 1. The van der Waals surface area contributed by atoms with Crippen molar-refractivity contribution >= 4 is 29.8 Å². The van der Waals surface area contributed by atoms with E-state index in [0.29, 0.717) is 5.57 Å². The molecule has 1 amide bonds. The Morgan fingerprint density at radius 2 is 2.19 bits per heavy atom. The zero-order chi connectivity index (χ0) is 15.4. The molecule has 21 heavy (non-hydrogen) atoms. The van der Waals surface area contributed by atoms with Crippen LogP contribution in [0.1, 0.15) is 31.4 Å². The minimum atomic E-state index is -0.130. The molecule has 1 aliphatic rings. The van der Waals surface area contributed by atoms with Gasteiger partial charge in [-0.25, -0.2) is 0 Å². The molecule has 0 heterocycles. The molecule has 0 aliphatic heterocycles. The quantitative estimate of drug-likeness (QED) is 0.847. The van der Waals surface area contributed by atoms with Crippen LogP contribution in [-0.4, -0.2) is 5.91 Å². The van der Waals surface area contributed by atoms with Gasteiger partial charge in [-0.05, 0) is 54.3 Å². The Balaban J connectivity index is 2.72. The lowest BCUT2D eigenvalue weighted by Crippen LogP contribution is -2.31. The Hall–Kier alpha value is -2.35. The Morgan fingerprint density at radius 3 is 2.81 bits per heavy atom. The van der Waals surface area contributed by atoms with Crippen LogP contribution in [0.2, 0.25) is 0 Å². The number of benzene rings is 1. The van der Waals surface area contributed by atoms with Gasteiger partial charge in [-0.3, -0.25) is 4.79 Å². The minimum absolute atomic E-state index is 0.130. The van der Waals surface area contributed by atoms with Crippen LogP contribution in [0.15, 0.2) is 36.9 Å². The highest BCUT2D eigenvalue weighted by Gasteiger charge is 2.14. The van der Waals surface area contributed by atoms with E-state index in [2.05, 4.69) is 36.7 Å². The van der Waals surface area contributed by atoms with E-state index in [1.165, 1.54) is 11.1 Å². The Kier molecular flexibility index (Phi) is 4.59. The number of nitrogens with one attached hydrogen (secondary N) is 1. The summed E-state index contributed by atoms with van der Waals surface area (Å²) in [5.74, 6) is -0.130.